The van der Waals surface area contributed by atoms with E-state index >= 15 is 0 Å². The first-order chi connectivity index (χ1) is 8.24. The maximum Gasteiger partial charge on any atom is 0.128 e. The minimum atomic E-state index is -0.521. The average Bonchev–Trinajstić information content (AvgIpc) is 2.37. The molecule has 1 N–H and O–H groups in total. The Kier molecular flexibility index (Phi) is 5.84. The molecule has 0 aliphatic rings. The summed E-state index contributed by atoms with van der Waals surface area (Å²) in [5.41, 5.74) is 0.758. The predicted molar refractivity (Wildman–Crippen MR) is 68.6 cm³/mol. The zero-order valence-corrected chi connectivity index (χ0v) is 10.9. The van der Waals surface area contributed by atoms with Gasteiger partial charge in [-0.15, -0.1) is 0 Å². The molecule has 1 unspecified atom stereocenters. The number of methoxy groups -OCH3 is 2. The minimum absolute atomic E-state index is 0.521. The second-order valence-corrected chi connectivity index (χ2v) is 4.09. The molecule has 0 aliphatic heterocycles. The number of unbranched alkanes of at least 4 members (excludes halogenated alkanes) is 2. The van der Waals surface area contributed by atoms with Gasteiger partial charge in [-0.1, -0.05) is 32.3 Å². The highest BCUT2D eigenvalue weighted by Gasteiger charge is 2.17. The van der Waals surface area contributed by atoms with E-state index in [1.54, 1.807) is 14.2 Å². The normalized spacial score (nSPS) is 12.2. The van der Waals surface area contributed by atoms with Crippen LogP contribution in [-0.2, 0) is 0 Å². The largest absolute Gasteiger partial charge is 0.496 e. The third-order valence-electron chi connectivity index (χ3n) is 2.88. The van der Waals surface area contributed by atoms with Gasteiger partial charge in [0.2, 0.25) is 0 Å². The standard InChI is InChI=1S/C14H22O3/c1-4-5-6-8-11(15)14-12(16-2)9-7-10-13(14)17-3/h7,9-11,15H,4-6,8H2,1-3H3. The van der Waals surface area contributed by atoms with Crippen LogP contribution in [0.15, 0.2) is 18.2 Å². The maximum absolute atomic E-state index is 10.2. The van der Waals surface area contributed by atoms with Gasteiger partial charge in [0.1, 0.15) is 11.5 Å². The summed E-state index contributed by atoms with van der Waals surface area (Å²) in [5, 5.41) is 10.2. The molecule has 3 heteroatoms. The van der Waals surface area contributed by atoms with Gasteiger partial charge < -0.3 is 14.6 Å². The summed E-state index contributed by atoms with van der Waals surface area (Å²) in [6, 6.07) is 5.56. The molecule has 0 aromatic heterocycles. The molecule has 0 saturated heterocycles. The lowest BCUT2D eigenvalue weighted by molar-refractivity contribution is 0.155. The van der Waals surface area contributed by atoms with E-state index in [0.717, 1.165) is 31.2 Å². The second kappa shape index (κ2) is 7.17. The van der Waals surface area contributed by atoms with E-state index in [-0.39, 0.29) is 0 Å². The molecule has 1 atom stereocenters. The molecule has 0 heterocycles. The van der Waals surface area contributed by atoms with Crippen LogP contribution in [0.4, 0.5) is 0 Å². The molecule has 96 valence electrons. The van der Waals surface area contributed by atoms with Crippen molar-refractivity contribution in [2.45, 2.75) is 38.7 Å². The summed E-state index contributed by atoms with van der Waals surface area (Å²) in [4.78, 5) is 0. The van der Waals surface area contributed by atoms with Crippen LogP contribution >= 0.6 is 0 Å². The Labute approximate surface area is 103 Å². The van der Waals surface area contributed by atoms with Crippen LogP contribution in [0.3, 0.4) is 0 Å². The Balaban J connectivity index is 2.85. The van der Waals surface area contributed by atoms with E-state index in [1.807, 2.05) is 18.2 Å². The summed E-state index contributed by atoms with van der Waals surface area (Å²) in [6.07, 6.45) is 3.51. The Morgan fingerprint density at radius 1 is 1.12 bits per heavy atom. The predicted octanol–water partition coefficient (Wildman–Crippen LogP) is 3.32. The lowest BCUT2D eigenvalue weighted by Crippen LogP contribution is -2.03. The highest BCUT2D eigenvalue weighted by Crippen LogP contribution is 2.36. The average molecular weight is 238 g/mol. The number of aliphatic hydroxyl groups excluding tert-OH is 1. The van der Waals surface area contributed by atoms with E-state index in [4.69, 9.17) is 9.47 Å². The quantitative estimate of drug-likeness (QED) is 0.741. The molecule has 0 radical (unpaired) electrons. The van der Waals surface area contributed by atoms with Gasteiger partial charge in [-0.3, -0.25) is 0 Å². The molecular weight excluding hydrogens is 216 g/mol. The van der Waals surface area contributed by atoms with Crippen molar-refractivity contribution >= 4 is 0 Å². The first kappa shape index (κ1) is 13.8. The molecule has 1 rings (SSSR count). The van der Waals surface area contributed by atoms with Gasteiger partial charge in [0.25, 0.3) is 0 Å². The summed E-state index contributed by atoms with van der Waals surface area (Å²) in [7, 11) is 3.22. The lowest BCUT2D eigenvalue weighted by Gasteiger charge is -2.17. The van der Waals surface area contributed by atoms with Gasteiger partial charge in [-0.05, 0) is 18.6 Å². The molecule has 3 nitrogen and oxygen atoms in total. The van der Waals surface area contributed by atoms with Crippen LogP contribution in [0.25, 0.3) is 0 Å². The molecule has 0 bridgehead atoms. The van der Waals surface area contributed by atoms with E-state index in [2.05, 4.69) is 6.92 Å². The van der Waals surface area contributed by atoms with Crippen molar-refractivity contribution < 1.29 is 14.6 Å². The Bertz CT molecular complexity index is 314. The number of hydrogen-bond acceptors (Lipinski definition) is 3. The van der Waals surface area contributed by atoms with E-state index in [9.17, 15) is 5.11 Å². The first-order valence-electron chi connectivity index (χ1n) is 6.13. The fourth-order valence-electron chi connectivity index (χ4n) is 1.94. The van der Waals surface area contributed by atoms with Crippen molar-refractivity contribution in [2.75, 3.05) is 14.2 Å². The molecule has 0 spiro atoms. The summed E-state index contributed by atoms with van der Waals surface area (Å²) < 4.78 is 10.6. The third-order valence-corrected chi connectivity index (χ3v) is 2.88. The number of benzene rings is 1. The van der Waals surface area contributed by atoms with Crippen LogP contribution in [0.5, 0.6) is 11.5 Å². The fourth-order valence-corrected chi connectivity index (χ4v) is 1.94. The highest BCUT2D eigenvalue weighted by atomic mass is 16.5. The van der Waals surface area contributed by atoms with Crippen molar-refractivity contribution in [1.29, 1.82) is 0 Å². The molecule has 0 fully saturated rings. The first-order valence-corrected chi connectivity index (χ1v) is 6.13. The molecule has 0 saturated carbocycles. The number of hydrogen-bond donors (Lipinski definition) is 1. The van der Waals surface area contributed by atoms with Crippen molar-refractivity contribution in [3.8, 4) is 11.5 Å². The van der Waals surface area contributed by atoms with Crippen LogP contribution in [0.2, 0.25) is 0 Å². The fraction of sp³-hybridized carbons (Fsp3) is 0.571. The van der Waals surface area contributed by atoms with Gasteiger partial charge in [-0.25, -0.2) is 0 Å². The molecule has 1 aromatic rings. The van der Waals surface area contributed by atoms with Crippen molar-refractivity contribution in [1.82, 2.24) is 0 Å². The van der Waals surface area contributed by atoms with Gasteiger partial charge in [0.05, 0.1) is 25.9 Å². The smallest absolute Gasteiger partial charge is 0.128 e. The number of ether oxygens (including phenoxy) is 2. The Morgan fingerprint density at radius 2 is 1.71 bits per heavy atom. The zero-order chi connectivity index (χ0) is 12.7. The molecular formula is C14H22O3. The van der Waals surface area contributed by atoms with Crippen LogP contribution in [-0.4, -0.2) is 19.3 Å². The van der Waals surface area contributed by atoms with Crippen molar-refractivity contribution in [3.05, 3.63) is 23.8 Å². The van der Waals surface area contributed by atoms with Gasteiger partial charge in [0.15, 0.2) is 0 Å². The van der Waals surface area contributed by atoms with Crippen LogP contribution in [0.1, 0.15) is 44.3 Å². The Hall–Kier alpha value is -1.22. The summed E-state index contributed by atoms with van der Waals surface area (Å²) in [5.74, 6) is 1.38. The van der Waals surface area contributed by atoms with Crippen LogP contribution in [0, 0.1) is 0 Å². The zero-order valence-electron chi connectivity index (χ0n) is 10.9. The van der Waals surface area contributed by atoms with Crippen LogP contribution < -0.4 is 9.47 Å². The lowest BCUT2D eigenvalue weighted by atomic mass is 10.0. The highest BCUT2D eigenvalue weighted by molar-refractivity contribution is 5.46. The molecule has 0 amide bonds. The van der Waals surface area contributed by atoms with E-state index < -0.39 is 6.10 Å². The Morgan fingerprint density at radius 3 is 2.18 bits per heavy atom. The minimum Gasteiger partial charge on any atom is -0.496 e. The van der Waals surface area contributed by atoms with Crippen molar-refractivity contribution in [2.24, 2.45) is 0 Å². The van der Waals surface area contributed by atoms with Gasteiger partial charge in [0, 0.05) is 0 Å². The molecule has 0 aliphatic carbocycles. The number of rotatable bonds is 7. The van der Waals surface area contributed by atoms with Gasteiger partial charge in [-0.2, -0.15) is 0 Å². The SMILES string of the molecule is CCCCCC(O)c1c(OC)cccc1OC. The van der Waals surface area contributed by atoms with E-state index in [1.165, 1.54) is 0 Å². The maximum atomic E-state index is 10.2. The van der Waals surface area contributed by atoms with Gasteiger partial charge >= 0.3 is 0 Å². The topological polar surface area (TPSA) is 38.7 Å². The molecule has 17 heavy (non-hydrogen) atoms. The summed E-state index contributed by atoms with van der Waals surface area (Å²) in [6.45, 7) is 2.15. The second-order valence-electron chi connectivity index (χ2n) is 4.09. The van der Waals surface area contributed by atoms with E-state index in [0.29, 0.717) is 11.5 Å². The monoisotopic (exact) mass is 238 g/mol. The van der Waals surface area contributed by atoms with Crippen molar-refractivity contribution in [3.63, 3.8) is 0 Å². The third kappa shape index (κ3) is 3.63. The molecule has 1 aromatic carbocycles. The number of aliphatic hydroxyl groups is 1. The summed E-state index contributed by atoms with van der Waals surface area (Å²) >= 11 is 0.